The molecular weight excluding hydrogens is 543 g/mol. The molecule has 1 N–H and O–H groups in total. The van der Waals surface area contributed by atoms with Crippen molar-refractivity contribution in [1.82, 2.24) is 14.7 Å². The van der Waals surface area contributed by atoms with Crippen LogP contribution in [0.5, 0.6) is 6.01 Å². The van der Waals surface area contributed by atoms with Gasteiger partial charge in [-0.1, -0.05) is 36.4 Å². The predicted molar refractivity (Wildman–Crippen MR) is 151 cm³/mol. The first-order valence-electron chi connectivity index (χ1n) is 13.4. The third-order valence-electron chi connectivity index (χ3n) is 7.75. The molecule has 1 aromatic heterocycles. The maximum atomic E-state index is 14.0. The summed E-state index contributed by atoms with van der Waals surface area (Å²) in [6.45, 7) is 0.256. The van der Waals surface area contributed by atoms with Gasteiger partial charge in [-0.3, -0.25) is 4.79 Å². The van der Waals surface area contributed by atoms with Gasteiger partial charge in [-0.2, -0.15) is 0 Å². The molecule has 1 saturated carbocycles. The average molecular weight is 573 g/mol. The van der Waals surface area contributed by atoms with Crippen molar-refractivity contribution in [1.29, 1.82) is 0 Å². The minimum atomic E-state index is -3.87. The number of nitrogens with zero attached hydrogens (tertiary/aromatic N) is 3. The van der Waals surface area contributed by atoms with Gasteiger partial charge in [0.2, 0.25) is 15.9 Å². The van der Waals surface area contributed by atoms with E-state index in [0.29, 0.717) is 18.5 Å². The molecule has 1 amide bonds. The number of carbonyl (C=O) groups is 1. The number of amides is 1. The number of fused-ring (bicyclic) bond motifs is 1. The molecule has 3 atom stereocenters. The molecule has 3 aromatic carbocycles. The van der Waals surface area contributed by atoms with E-state index in [0.717, 1.165) is 40.8 Å². The number of sulfonamides is 1. The van der Waals surface area contributed by atoms with Crippen LogP contribution in [-0.2, 0) is 27.8 Å². The molecule has 0 spiro atoms. The Kier molecular flexibility index (Phi) is 7.27. The smallest absolute Gasteiger partial charge is 0.316 e. The largest absolute Gasteiger partial charge is 0.467 e. The Bertz CT molecular complexity index is 1670. The van der Waals surface area contributed by atoms with Crippen molar-refractivity contribution in [3.8, 4) is 6.01 Å². The fourth-order valence-corrected chi connectivity index (χ4v) is 6.74. The molecule has 0 aliphatic heterocycles. The van der Waals surface area contributed by atoms with E-state index in [1.165, 1.54) is 19.2 Å². The Labute approximate surface area is 238 Å². The molecule has 1 heterocycles. The normalized spacial score (nSPS) is 19.4. The van der Waals surface area contributed by atoms with Crippen LogP contribution in [0.3, 0.4) is 0 Å². The molecule has 4 aromatic rings. The summed E-state index contributed by atoms with van der Waals surface area (Å²) in [6.07, 6.45) is 5.33. The van der Waals surface area contributed by atoms with E-state index in [1.54, 1.807) is 17.3 Å². The molecule has 10 heteroatoms. The number of aryl methyl sites for hydroxylation is 1. The first-order chi connectivity index (χ1) is 19.8. The van der Waals surface area contributed by atoms with E-state index in [4.69, 9.17) is 4.74 Å². The van der Waals surface area contributed by atoms with Gasteiger partial charge < -0.3 is 9.64 Å². The Morgan fingerprint density at radius 3 is 2.49 bits per heavy atom. The summed E-state index contributed by atoms with van der Waals surface area (Å²) in [5.74, 6) is -0.506. The highest BCUT2D eigenvalue weighted by atomic mass is 32.2. The molecule has 41 heavy (non-hydrogen) atoms. The first-order valence-corrected chi connectivity index (χ1v) is 14.9. The first kappa shape index (κ1) is 27.0. The maximum Gasteiger partial charge on any atom is 0.316 e. The van der Waals surface area contributed by atoms with Gasteiger partial charge in [0.1, 0.15) is 5.82 Å². The minimum Gasteiger partial charge on any atom is -0.467 e. The number of nitrogens with one attached hydrogen (secondary N) is 1. The number of halogens is 1. The summed E-state index contributed by atoms with van der Waals surface area (Å²) in [7, 11) is -2.38. The Balaban J connectivity index is 1.29. The molecule has 2 aliphatic rings. The van der Waals surface area contributed by atoms with Crippen LogP contribution in [0.25, 0.3) is 0 Å². The summed E-state index contributed by atoms with van der Waals surface area (Å²) < 4.78 is 47.4. The lowest BCUT2D eigenvalue weighted by Crippen LogP contribution is -2.32. The zero-order chi connectivity index (χ0) is 28.6. The van der Waals surface area contributed by atoms with Gasteiger partial charge >= 0.3 is 6.01 Å². The minimum absolute atomic E-state index is 0.000465. The van der Waals surface area contributed by atoms with Crippen LogP contribution in [0, 0.1) is 11.7 Å². The second-order valence-electron chi connectivity index (χ2n) is 10.4. The third kappa shape index (κ3) is 5.71. The van der Waals surface area contributed by atoms with Crippen molar-refractivity contribution in [3.05, 3.63) is 113 Å². The van der Waals surface area contributed by atoms with Crippen LogP contribution < -0.4 is 14.4 Å². The molecule has 6 rings (SSSR count). The van der Waals surface area contributed by atoms with Crippen molar-refractivity contribution in [2.24, 2.45) is 5.92 Å². The molecule has 0 saturated heterocycles. The maximum absolute atomic E-state index is 14.0. The highest BCUT2D eigenvalue weighted by Crippen LogP contribution is 2.49. The number of methoxy groups -OCH3 is 1. The van der Waals surface area contributed by atoms with Gasteiger partial charge in [-0.15, -0.1) is 0 Å². The Morgan fingerprint density at radius 1 is 1.05 bits per heavy atom. The molecule has 1 fully saturated rings. The van der Waals surface area contributed by atoms with E-state index in [9.17, 15) is 17.6 Å². The van der Waals surface area contributed by atoms with Gasteiger partial charge in [0.05, 0.1) is 18.6 Å². The quantitative estimate of drug-likeness (QED) is 0.305. The van der Waals surface area contributed by atoms with Gasteiger partial charge in [0.25, 0.3) is 0 Å². The van der Waals surface area contributed by atoms with Crippen molar-refractivity contribution in [2.75, 3.05) is 12.0 Å². The van der Waals surface area contributed by atoms with Crippen molar-refractivity contribution < 1.29 is 22.3 Å². The summed E-state index contributed by atoms with van der Waals surface area (Å²) in [5.41, 5.74) is 4.41. The van der Waals surface area contributed by atoms with Gasteiger partial charge in [-0.25, -0.2) is 27.5 Å². The Hall–Kier alpha value is -4.15. The highest BCUT2D eigenvalue weighted by molar-refractivity contribution is 7.89. The van der Waals surface area contributed by atoms with Crippen LogP contribution in [0.15, 0.2) is 90.1 Å². The van der Waals surface area contributed by atoms with E-state index < -0.39 is 21.9 Å². The number of hydrogen-bond acceptors (Lipinski definition) is 6. The number of rotatable bonds is 9. The van der Waals surface area contributed by atoms with Crippen LogP contribution >= 0.6 is 0 Å². The van der Waals surface area contributed by atoms with Crippen molar-refractivity contribution in [2.45, 2.75) is 42.7 Å². The lowest BCUT2D eigenvalue weighted by molar-refractivity contribution is -0.120. The van der Waals surface area contributed by atoms with Gasteiger partial charge in [0.15, 0.2) is 0 Å². The van der Waals surface area contributed by atoms with Crippen molar-refractivity contribution >= 4 is 21.6 Å². The Morgan fingerprint density at radius 2 is 1.78 bits per heavy atom. The standard InChI is InChI=1S/C31H29FN4O4S/c1-40-31-33-17-20(18-34-31)19-36(30(37)28-16-26(28)21-5-3-2-4-6-21)24-11-7-22-8-14-29(27(22)15-24)35-41(38,39)25-12-9-23(32)10-13-25/h2-7,9-13,15,17-18,26,28-29,35H,8,14,16,19H2,1H3/t26-,28-,29?/m1/s1. The lowest BCUT2D eigenvalue weighted by Gasteiger charge is -2.25. The average Bonchev–Trinajstić information content (AvgIpc) is 3.71. The van der Waals surface area contributed by atoms with E-state index in [-0.39, 0.29) is 35.2 Å². The number of hydrogen-bond donors (Lipinski definition) is 1. The molecule has 2 aliphatic carbocycles. The van der Waals surface area contributed by atoms with Crippen LogP contribution in [0.2, 0.25) is 0 Å². The van der Waals surface area contributed by atoms with E-state index >= 15 is 0 Å². The predicted octanol–water partition coefficient (Wildman–Crippen LogP) is 4.93. The van der Waals surface area contributed by atoms with Gasteiger partial charge in [-0.05, 0) is 78.3 Å². The number of carbonyl (C=O) groups excluding carboxylic acids is 1. The fraction of sp³-hybridized carbons (Fsp3) is 0.258. The summed E-state index contributed by atoms with van der Waals surface area (Å²) in [6, 6.07) is 20.3. The molecule has 8 nitrogen and oxygen atoms in total. The van der Waals surface area contributed by atoms with E-state index in [2.05, 4.69) is 14.7 Å². The summed E-state index contributed by atoms with van der Waals surface area (Å²) in [4.78, 5) is 24.1. The molecule has 0 bridgehead atoms. The number of aromatic nitrogens is 2. The molecule has 1 unspecified atom stereocenters. The zero-order valence-corrected chi connectivity index (χ0v) is 23.2. The number of ether oxygens (including phenoxy) is 1. The lowest BCUT2D eigenvalue weighted by atomic mass is 10.1. The van der Waals surface area contributed by atoms with Crippen LogP contribution in [0.4, 0.5) is 10.1 Å². The van der Waals surface area contributed by atoms with Crippen molar-refractivity contribution in [3.63, 3.8) is 0 Å². The highest BCUT2D eigenvalue weighted by Gasteiger charge is 2.46. The fourth-order valence-electron chi connectivity index (χ4n) is 5.49. The van der Waals surface area contributed by atoms with Crippen LogP contribution in [-0.4, -0.2) is 31.4 Å². The number of benzene rings is 3. The van der Waals surface area contributed by atoms with E-state index in [1.807, 2.05) is 48.5 Å². The number of anilines is 1. The molecular formula is C31H29FN4O4S. The monoisotopic (exact) mass is 572 g/mol. The second-order valence-corrected chi connectivity index (χ2v) is 12.1. The van der Waals surface area contributed by atoms with Gasteiger partial charge in [0, 0.05) is 35.6 Å². The second kappa shape index (κ2) is 11.0. The molecule has 210 valence electrons. The SMILES string of the molecule is COc1ncc(CN(C(=O)[C@@H]2C[C@@H]2c2ccccc2)c2ccc3c(c2)C(NS(=O)(=O)c2ccc(F)cc2)CC3)cn1. The third-order valence-corrected chi connectivity index (χ3v) is 9.23. The van der Waals surface area contributed by atoms with Crippen LogP contribution in [0.1, 0.15) is 47.1 Å². The zero-order valence-electron chi connectivity index (χ0n) is 22.4. The topological polar surface area (TPSA) is 101 Å². The molecule has 0 radical (unpaired) electrons. The summed E-state index contributed by atoms with van der Waals surface area (Å²) in [5, 5.41) is 0. The summed E-state index contributed by atoms with van der Waals surface area (Å²) >= 11 is 0.